The molecule has 0 bridgehead atoms. The van der Waals surface area contributed by atoms with Crippen molar-refractivity contribution in [2.75, 3.05) is 11.1 Å². The van der Waals surface area contributed by atoms with E-state index in [9.17, 15) is 0 Å². The molecule has 19 heavy (non-hydrogen) atoms. The summed E-state index contributed by atoms with van der Waals surface area (Å²) >= 11 is 0. The predicted octanol–water partition coefficient (Wildman–Crippen LogP) is 2.59. The van der Waals surface area contributed by atoms with Crippen molar-refractivity contribution in [1.82, 2.24) is 9.97 Å². The summed E-state index contributed by atoms with van der Waals surface area (Å²) in [6.07, 6.45) is 3.52. The highest BCUT2D eigenvalue weighted by Gasteiger charge is 2.38. The molecule has 4 nitrogen and oxygen atoms in total. The van der Waals surface area contributed by atoms with Gasteiger partial charge in [0.05, 0.1) is 0 Å². The van der Waals surface area contributed by atoms with Crippen molar-refractivity contribution in [2.45, 2.75) is 31.7 Å². The SMILES string of the molecule is CCc1c(N)ncnc1NC1CC1c1ccccc1. The molecule has 2 unspecified atom stereocenters. The van der Waals surface area contributed by atoms with Gasteiger partial charge in [0.2, 0.25) is 0 Å². The van der Waals surface area contributed by atoms with E-state index >= 15 is 0 Å². The molecule has 3 N–H and O–H groups in total. The third-order valence-electron chi connectivity index (χ3n) is 3.67. The van der Waals surface area contributed by atoms with Crippen molar-refractivity contribution < 1.29 is 0 Å². The second-order valence-corrected chi connectivity index (χ2v) is 4.94. The number of hydrogen-bond acceptors (Lipinski definition) is 4. The number of hydrogen-bond donors (Lipinski definition) is 2. The maximum atomic E-state index is 5.88. The molecule has 1 fully saturated rings. The largest absolute Gasteiger partial charge is 0.383 e. The summed E-state index contributed by atoms with van der Waals surface area (Å²) < 4.78 is 0. The molecule has 0 radical (unpaired) electrons. The highest BCUT2D eigenvalue weighted by molar-refractivity contribution is 5.56. The van der Waals surface area contributed by atoms with Gasteiger partial charge in [-0.3, -0.25) is 0 Å². The van der Waals surface area contributed by atoms with Crippen LogP contribution >= 0.6 is 0 Å². The van der Waals surface area contributed by atoms with Gasteiger partial charge in [-0.15, -0.1) is 0 Å². The summed E-state index contributed by atoms with van der Waals surface area (Å²) in [4.78, 5) is 8.36. The van der Waals surface area contributed by atoms with Crippen molar-refractivity contribution in [3.05, 3.63) is 47.8 Å². The van der Waals surface area contributed by atoms with Gasteiger partial charge in [-0.1, -0.05) is 37.3 Å². The fourth-order valence-electron chi connectivity index (χ4n) is 2.50. The fourth-order valence-corrected chi connectivity index (χ4v) is 2.50. The monoisotopic (exact) mass is 254 g/mol. The number of nitrogens with zero attached hydrogens (tertiary/aromatic N) is 2. The third kappa shape index (κ3) is 2.38. The van der Waals surface area contributed by atoms with E-state index in [1.54, 1.807) is 0 Å². The Morgan fingerprint density at radius 3 is 2.79 bits per heavy atom. The molecule has 1 aromatic heterocycles. The summed E-state index contributed by atoms with van der Waals surface area (Å²) in [5.74, 6) is 2.05. The minimum absolute atomic E-state index is 0.460. The van der Waals surface area contributed by atoms with Gasteiger partial charge in [0.25, 0.3) is 0 Å². The molecular formula is C15H18N4. The Hall–Kier alpha value is -2.10. The van der Waals surface area contributed by atoms with E-state index in [2.05, 4.69) is 52.5 Å². The molecule has 2 atom stereocenters. The predicted molar refractivity (Wildman–Crippen MR) is 77.0 cm³/mol. The molecule has 1 aromatic carbocycles. The molecule has 0 aliphatic heterocycles. The Morgan fingerprint density at radius 1 is 1.26 bits per heavy atom. The van der Waals surface area contributed by atoms with Crippen LogP contribution in [0.4, 0.5) is 11.6 Å². The average molecular weight is 254 g/mol. The Morgan fingerprint density at radius 2 is 2.05 bits per heavy atom. The van der Waals surface area contributed by atoms with Crippen molar-refractivity contribution in [2.24, 2.45) is 0 Å². The zero-order valence-corrected chi connectivity index (χ0v) is 11.0. The molecular weight excluding hydrogens is 236 g/mol. The van der Waals surface area contributed by atoms with Crippen LogP contribution in [0.15, 0.2) is 36.7 Å². The lowest BCUT2D eigenvalue weighted by Crippen LogP contribution is -2.10. The first-order valence-corrected chi connectivity index (χ1v) is 6.70. The van der Waals surface area contributed by atoms with Gasteiger partial charge in [-0.2, -0.15) is 0 Å². The second-order valence-electron chi connectivity index (χ2n) is 4.94. The van der Waals surface area contributed by atoms with Crippen LogP contribution in [0.25, 0.3) is 0 Å². The topological polar surface area (TPSA) is 63.8 Å². The van der Waals surface area contributed by atoms with Gasteiger partial charge < -0.3 is 11.1 Å². The van der Waals surface area contributed by atoms with Crippen molar-refractivity contribution in [1.29, 1.82) is 0 Å². The number of aromatic nitrogens is 2. The van der Waals surface area contributed by atoms with Gasteiger partial charge in [0, 0.05) is 17.5 Å². The molecule has 4 heteroatoms. The lowest BCUT2D eigenvalue weighted by atomic mass is 10.1. The van der Waals surface area contributed by atoms with Crippen LogP contribution < -0.4 is 11.1 Å². The first-order chi connectivity index (χ1) is 9.29. The quantitative estimate of drug-likeness (QED) is 0.880. The lowest BCUT2D eigenvalue weighted by molar-refractivity contribution is 0.990. The zero-order chi connectivity index (χ0) is 13.2. The molecule has 1 heterocycles. The van der Waals surface area contributed by atoms with Crippen molar-refractivity contribution in [3.8, 4) is 0 Å². The Labute approximate surface area is 113 Å². The first-order valence-electron chi connectivity index (χ1n) is 6.70. The summed E-state index contributed by atoms with van der Waals surface area (Å²) in [6.45, 7) is 2.07. The Balaban J connectivity index is 1.73. The minimum Gasteiger partial charge on any atom is -0.383 e. The van der Waals surface area contributed by atoms with Crippen molar-refractivity contribution in [3.63, 3.8) is 0 Å². The van der Waals surface area contributed by atoms with Gasteiger partial charge in [-0.05, 0) is 18.4 Å². The van der Waals surface area contributed by atoms with Crippen LogP contribution in [0.3, 0.4) is 0 Å². The molecule has 0 amide bonds. The van der Waals surface area contributed by atoms with E-state index in [0.717, 1.165) is 24.2 Å². The summed E-state index contributed by atoms with van der Waals surface area (Å²) in [7, 11) is 0. The summed E-state index contributed by atoms with van der Waals surface area (Å²) in [5, 5.41) is 3.49. The molecule has 98 valence electrons. The molecule has 0 saturated heterocycles. The van der Waals surface area contributed by atoms with Crippen LogP contribution in [0.1, 0.15) is 30.4 Å². The van der Waals surface area contributed by atoms with E-state index < -0.39 is 0 Å². The molecule has 0 spiro atoms. The lowest BCUT2D eigenvalue weighted by Gasteiger charge is -2.10. The first kappa shape index (κ1) is 12.0. The van der Waals surface area contributed by atoms with E-state index in [1.165, 1.54) is 11.9 Å². The zero-order valence-electron chi connectivity index (χ0n) is 11.0. The number of nitrogen functional groups attached to an aromatic ring is 1. The smallest absolute Gasteiger partial charge is 0.134 e. The summed E-state index contributed by atoms with van der Waals surface area (Å²) in [6, 6.07) is 11.1. The maximum absolute atomic E-state index is 5.88. The van der Waals surface area contributed by atoms with Crippen LogP contribution in [0.5, 0.6) is 0 Å². The van der Waals surface area contributed by atoms with E-state index in [0.29, 0.717) is 17.8 Å². The molecule has 1 saturated carbocycles. The van der Waals surface area contributed by atoms with Crippen LogP contribution in [0, 0.1) is 0 Å². The minimum atomic E-state index is 0.460. The number of nitrogens with two attached hydrogens (primary N) is 1. The van der Waals surface area contributed by atoms with Gasteiger partial charge in [-0.25, -0.2) is 9.97 Å². The molecule has 1 aliphatic carbocycles. The second kappa shape index (κ2) is 4.88. The third-order valence-corrected chi connectivity index (χ3v) is 3.67. The maximum Gasteiger partial charge on any atom is 0.134 e. The van der Waals surface area contributed by atoms with Crippen LogP contribution in [-0.4, -0.2) is 16.0 Å². The Bertz CT molecular complexity index is 568. The standard InChI is InChI=1S/C15H18N4/c1-2-11-14(16)17-9-18-15(11)19-13-8-12(13)10-6-4-3-5-7-10/h3-7,9,12-13H,2,8H2,1H3,(H3,16,17,18,19). The average Bonchev–Trinajstić information content (AvgIpc) is 3.19. The Kier molecular flexibility index (Phi) is 3.07. The summed E-state index contributed by atoms with van der Waals surface area (Å²) in [5.41, 5.74) is 8.29. The highest BCUT2D eigenvalue weighted by Crippen LogP contribution is 2.42. The van der Waals surface area contributed by atoms with Crippen LogP contribution in [-0.2, 0) is 6.42 Å². The van der Waals surface area contributed by atoms with E-state index in [1.807, 2.05) is 0 Å². The number of benzene rings is 1. The highest BCUT2D eigenvalue weighted by atomic mass is 15.1. The number of nitrogens with one attached hydrogen (secondary N) is 1. The molecule has 1 aliphatic rings. The van der Waals surface area contributed by atoms with Crippen LogP contribution in [0.2, 0.25) is 0 Å². The normalized spacial score (nSPS) is 21.1. The van der Waals surface area contributed by atoms with Gasteiger partial charge in [0.1, 0.15) is 18.0 Å². The van der Waals surface area contributed by atoms with E-state index in [4.69, 9.17) is 5.73 Å². The fraction of sp³-hybridized carbons (Fsp3) is 0.333. The molecule has 3 rings (SSSR count). The molecule has 2 aromatic rings. The number of anilines is 2. The number of rotatable bonds is 4. The van der Waals surface area contributed by atoms with Gasteiger partial charge >= 0.3 is 0 Å². The van der Waals surface area contributed by atoms with Gasteiger partial charge in [0.15, 0.2) is 0 Å². The van der Waals surface area contributed by atoms with Crippen molar-refractivity contribution >= 4 is 11.6 Å². The van der Waals surface area contributed by atoms with E-state index in [-0.39, 0.29) is 0 Å².